The zero-order valence-electron chi connectivity index (χ0n) is 10.3. The molecule has 96 valence electrons. The van der Waals surface area contributed by atoms with Gasteiger partial charge < -0.3 is 9.47 Å². The van der Waals surface area contributed by atoms with Crippen LogP contribution in [0.1, 0.15) is 33.1 Å². The Bertz CT molecular complexity index is 306. The van der Waals surface area contributed by atoms with Gasteiger partial charge in [0, 0.05) is 12.0 Å². The molecular formula is C12H18O5. The summed E-state index contributed by atoms with van der Waals surface area (Å²) in [6, 6.07) is 0. The minimum Gasteiger partial charge on any atom is -0.463 e. The molecular weight excluding hydrogens is 224 g/mol. The molecule has 0 aromatic heterocycles. The van der Waals surface area contributed by atoms with Crippen molar-refractivity contribution in [2.24, 2.45) is 0 Å². The first kappa shape index (κ1) is 15.3. The van der Waals surface area contributed by atoms with Crippen molar-refractivity contribution in [3.8, 4) is 0 Å². The maximum Gasteiger partial charge on any atom is 0.333 e. The molecule has 0 aliphatic rings. The van der Waals surface area contributed by atoms with E-state index in [1.807, 2.05) is 6.92 Å². The Labute approximate surface area is 101 Å². The average Bonchev–Trinajstić information content (AvgIpc) is 2.27. The van der Waals surface area contributed by atoms with Crippen LogP contribution in [0.15, 0.2) is 12.2 Å². The number of hydrogen-bond donors (Lipinski definition) is 0. The van der Waals surface area contributed by atoms with Crippen LogP contribution in [0.25, 0.3) is 0 Å². The van der Waals surface area contributed by atoms with Gasteiger partial charge in [0.1, 0.15) is 6.61 Å². The number of esters is 2. The van der Waals surface area contributed by atoms with Gasteiger partial charge >= 0.3 is 11.9 Å². The van der Waals surface area contributed by atoms with Gasteiger partial charge in [0.15, 0.2) is 5.78 Å². The summed E-state index contributed by atoms with van der Waals surface area (Å²) in [6.45, 7) is 6.92. The van der Waals surface area contributed by atoms with Crippen LogP contribution < -0.4 is 0 Å². The maximum absolute atomic E-state index is 11.2. The first-order valence-electron chi connectivity index (χ1n) is 5.53. The third-order valence-corrected chi connectivity index (χ3v) is 1.84. The van der Waals surface area contributed by atoms with Gasteiger partial charge in [-0.25, -0.2) is 4.79 Å². The molecule has 0 bridgehead atoms. The van der Waals surface area contributed by atoms with Gasteiger partial charge in [0.2, 0.25) is 0 Å². The van der Waals surface area contributed by atoms with E-state index < -0.39 is 11.9 Å². The highest BCUT2D eigenvalue weighted by atomic mass is 16.5. The third kappa shape index (κ3) is 7.27. The lowest BCUT2D eigenvalue weighted by Gasteiger charge is -2.05. The molecule has 17 heavy (non-hydrogen) atoms. The Kier molecular flexibility index (Phi) is 7.67. The second-order valence-electron chi connectivity index (χ2n) is 3.45. The Morgan fingerprint density at radius 1 is 1.12 bits per heavy atom. The molecule has 0 atom stereocenters. The number of ether oxygens (including phenoxy) is 2. The van der Waals surface area contributed by atoms with Gasteiger partial charge in [-0.3, -0.25) is 9.59 Å². The van der Waals surface area contributed by atoms with Crippen molar-refractivity contribution >= 4 is 17.7 Å². The fourth-order valence-electron chi connectivity index (χ4n) is 1.04. The molecule has 0 unspecified atom stereocenters. The highest BCUT2D eigenvalue weighted by Gasteiger charge is 2.14. The second kappa shape index (κ2) is 8.50. The summed E-state index contributed by atoms with van der Waals surface area (Å²) in [4.78, 5) is 33.4. The molecule has 0 spiro atoms. The molecule has 0 heterocycles. The molecule has 0 aliphatic heterocycles. The normalized spacial score (nSPS) is 9.53. The number of carbonyl (C=O) groups is 3. The quantitative estimate of drug-likeness (QED) is 0.475. The minimum atomic E-state index is -0.646. The van der Waals surface area contributed by atoms with Gasteiger partial charge in [-0.05, 0) is 13.3 Å². The van der Waals surface area contributed by atoms with Gasteiger partial charge in [-0.2, -0.15) is 0 Å². The average molecular weight is 242 g/mol. The van der Waals surface area contributed by atoms with Gasteiger partial charge in [0.05, 0.1) is 13.0 Å². The Balaban J connectivity index is 3.90. The predicted octanol–water partition coefficient (Wildman–Crippen LogP) is 1.41. The van der Waals surface area contributed by atoms with Gasteiger partial charge in [0.25, 0.3) is 0 Å². The fraction of sp³-hybridized carbons (Fsp3) is 0.583. The third-order valence-electron chi connectivity index (χ3n) is 1.84. The van der Waals surface area contributed by atoms with E-state index in [9.17, 15) is 14.4 Å². The number of Topliss-reactive ketones (excluding diaryl/α,β-unsaturated/α-hetero) is 1. The lowest BCUT2D eigenvalue weighted by Crippen LogP contribution is -2.16. The molecule has 5 heteroatoms. The minimum absolute atomic E-state index is 0.0276. The number of carbonyl (C=O) groups excluding carboxylic acids is 3. The van der Waals surface area contributed by atoms with E-state index in [2.05, 4.69) is 11.3 Å². The molecule has 0 saturated carbocycles. The molecule has 0 aliphatic carbocycles. The first-order valence-corrected chi connectivity index (χ1v) is 5.53. The van der Waals surface area contributed by atoms with Crippen LogP contribution in [0.4, 0.5) is 0 Å². The van der Waals surface area contributed by atoms with E-state index in [1.54, 1.807) is 6.92 Å². The number of hydrogen-bond acceptors (Lipinski definition) is 5. The van der Waals surface area contributed by atoms with Crippen LogP contribution in [0.2, 0.25) is 0 Å². The van der Waals surface area contributed by atoms with Crippen LogP contribution in [-0.4, -0.2) is 30.9 Å². The molecule has 0 saturated heterocycles. The van der Waals surface area contributed by atoms with Crippen LogP contribution >= 0.6 is 0 Å². The molecule has 5 nitrogen and oxygen atoms in total. The molecule has 0 radical (unpaired) electrons. The summed E-state index contributed by atoms with van der Waals surface area (Å²) in [7, 11) is 0. The molecule has 0 fully saturated rings. The fourth-order valence-corrected chi connectivity index (χ4v) is 1.04. The maximum atomic E-state index is 11.2. The van der Waals surface area contributed by atoms with Crippen molar-refractivity contribution < 1.29 is 23.9 Å². The first-order chi connectivity index (χ1) is 8.01. The van der Waals surface area contributed by atoms with E-state index in [4.69, 9.17) is 4.74 Å². The Morgan fingerprint density at radius 3 is 2.29 bits per heavy atom. The largest absolute Gasteiger partial charge is 0.463 e. The molecule has 0 aromatic rings. The summed E-state index contributed by atoms with van der Waals surface area (Å²) in [5.74, 6) is -1.40. The monoisotopic (exact) mass is 242 g/mol. The van der Waals surface area contributed by atoms with Crippen molar-refractivity contribution in [2.45, 2.75) is 33.1 Å². The zero-order valence-corrected chi connectivity index (χ0v) is 10.3. The highest BCUT2D eigenvalue weighted by molar-refractivity contribution is 5.93. The number of ketones is 1. The lowest BCUT2D eigenvalue weighted by molar-refractivity contribution is -0.149. The second-order valence-corrected chi connectivity index (χ2v) is 3.45. The van der Waals surface area contributed by atoms with Crippen LogP contribution in [0.3, 0.4) is 0 Å². The summed E-state index contributed by atoms with van der Waals surface area (Å²) >= 11 is 0. The van der Waals surface area contributed by atoms with Gasteiger partial charge in [-0.1, -0.05) is 13.5 Å². The van der Waals surface area contributed by atoms with Crippen molar-refractivity contribution in [3.05, 3.63) is 12.2 Å². The summed E-state index contributed by atoms with van der Waals surface area (Å²) in [5.41, 5.74) is 0.0276. The summed E-state index contributed by atoms with van der Waals surface area (Å²) < 4.78 is 9.35. The van der Waals surface area contributed by atoms with Crippen molar-refractivity contribution in [2.75, 3.05) is 13.2 Å². The standard InChI is InChI=1S/C12H18O5/c1-4-6-10(13)8-17-11(14)7-9(3)12(15)16-5-2/h3-8H2,1-2H3. The van der Waals surface area contributed by atoms with Crippen LogP contribution in [-0.2, 0) is 23.9 Å². The highest BCUT2D eigenvalue weighted by Crippen LogP contribution is 2.03. The lowest BCUT2D eigenvalue weighted by atomic mass is 10.2. The van der Waals surface area contributed by atoms with E-state index in [0.717, 1.165) is 0 Å². The summed E-state index contributed by atoms with van der Waals surface area (Å²) in [5, 5.41) is 0. The molecule has 0 amide bonds. The Hall–Kier alpha value is -1.65. The van der Waals surface area contributed by atoms with E-state index >= 15 is 0 Å². The SMILES string of the molecule is C=C(CC(=O)OCC(=O)CCC)C(=O)OCC. The van der Waals surface area contributed by atoms with Crippen molar-refractivity contribution in [1.82, 2.24) is 0 Å². The number of rotatable bonds is 8. The molecule has 0 aromatic carbocycles. The molecule has 0 rings (SSSR count). The Morgan fingerprint density at radius 2 is 1.76 bits per heavy atom. The predicted molar refractivity (Wildman–Crippen MR) is 61.3 cm³/mol. The van der Waals surface area contributed by atoms with Crippen LogP contribution in [0, 0.1) is 0 Å². The van der Waals surface area contributed by atoms with E-state index in [1.165, 1.54) is 0 Å². The smallest absolute Gasteiger partial charge is 0.333 e. The van der Waals surface area contributed by atoms with E-state index in [-0.39, 0.29) is 31.0 Å². The zero-order chi connectivity index (χ0) is 13.3. The van der Waals surface area contributed by atoms with E-state index in [0.29, 0.717) is 12.8 Å². The van der Waals surface area contributed by atoms with Crippen LogP contribution in [0.5, 0.6) is 0 Å². The molecule has 0 N–H and O–H groups in total. The van der Waals surface area contributed by atoms with Gasteiger partial charge in [-0.15, -0.1) is 0 Å². The topological polar surface area (TPSA) is 69.7 Å². The summed E-state index contributed by atoms with van der Waals surface area (Å²) in [6.07, 6.45) is 0.844. The van der Waals surface area contributed by atoms with Crippen molar-refractivity contribution in [3.63, 3.8) is 0 Å². The van der Waals surface area contributed by atoms with Crippen molar-refractivity contribution in [1.29, 1.82) is 0 Å².